The molecule has 0 fully saturated rings. The van der Waals surface area contributed by atoms with E-state index in [0.29, 0.717) is 17.1 Å². The van der Waals surface area contributed by atoms with Crippen LogP contribution in [0, 0.1) is 0 Å². The zero-order valence-electron chi connectivity index (χ0n) is 13.8. The molecule has 132 valence electrons. The fourth-order valence-corrected chi connectivity index (χ4v) is 3.44. The van der Waals surface area contributed by atoms with Crippen molar-refractivity contribution in [3.63, 3.8) is 0 Å². The van der Waals surface area contributed by atoms with Crippen molar-refractivity contribution in [1.82, 2.24) is 9.62 Å². The minimum absolute atomic E-state index is 0.180. The van der Waals surface area contributed by atoms with Crippen molar-refractivity contribution in [3.05, 3.63) is 77.3 Å². The van der Waals surface area contributed by atoms with E-state index in [1.165, 1.54) is 23.5 Å². The molecule has 0 aromatic heterocycles. The van der Waals surface area contributed by atoms with Gasteiger partial charge in [0.25, 0.3) is 5.91 Å². The van der Waals surface area contributed by atoms with Gasteiger partial charge in [-0.25, -0.2) is 8.42 Å². The third-order valence-electron chi connectivity index (χ3n) is 3.55. The minimum Gasteiger partial charge on any atom is -0.349 e. The first-order valence-electron chi connectivity index (χ1n) is 7.54. The van der Waals surface area contributed by atoms with Crippen LogP contribution in [0.25, 0.3) is 0 Å². The number of carbonyl (C=O) groups excluding carboxylic acids is 1. The molecule has 1 amide bonds. The van der Waals surface area contributed by atoms with E-state index in [0.717, 1.165) is 5.56 Å². The van der Waals surface area contributed by atoms with E-state index in [1.54, 1.807) is 42.5 Å². The van der Waals surface area contributed by atoms with Gasteiger partial charge < -0.3 is 5.32 Å². The van der Waals surface area contributed by atoms with Crippen molar-refractivity contribution in [3.8, 4) is 0 Å². The number of sulfonamides is 1. The number of rotatable bonds is 7. The first-order chi connectivity index (χ1) is 11.8. The Labute approximate surface area is 153 Å². The van der Waals surface area contributed by atoms with Crippen LogP contribution in [0.5, 0.6) is 0 Å². The Kier molecular flexibility index (Phi) is 6.36. The number of hydrogen-bond donors (Lipinski definition) is 1. The third kappa shape index (κ3) is 4.92. The fourth-order valence-electron chi connectivity index (χ4n) is 2.16. The second-order valence-corrected chi connectivity index (χ2v) is 7.89. The van der Waals surface area contributed by atoms with E-state index < -0.39 is 10.0 Å². The molecule has 0 aliphatic heterocycles. The molecule has 0 aliphatic rings. The Morgan fingerprint density at radius 2 is 1.76 bits per heavy atom. The van der Waals surface area contributed by atoms with E-state index in [9.17, 15) is 13.2 Å². The quantitative estimate of drug-likeness (QED) is 0.753. The van der Waals surface area contributed by atoms with E-state index in [2.05, 4.69) is 11.9 Å². The molecule has 2 aromatic carbocycles. The number of hydrogen-bond acceptors (Lipinski definition) is 3. The third-order valence-corrected chi connectivity index (χ3v) is 5.62. The van der Waals surface area contributed by atoms with Crippen LogP contribution in [0.15, 0.2) is 66.1 Å². The molecular formula is C18H19ClN2O3S. The first kappa shape index (κ1) is 19.2. The molecule has 0 aliphatic carbocycles. The van der Waals surface area contributed by atoms with Crippen LogP contribution in [0.3, 0.4) is 0 Å². The number of nitrogens with zero attached hydrogens (tertiary/aromatic N) is 1. The summed E-state index contributed by atoms with van der Waals surface area (Å²) in [6.07, 6.45) is 1.60. The highest BCUT2D eigenvalue weighted by Crippen LogP contribution is 2.19. The molecule has 0 saturated heterocycles. The van der Waals surface area contributed by atoms with Crippen LogP contribution >= 0.6 is 11.6 Å². The predicted octanol–water partition coefficient (Wildman–Crippen LogP) is 3.08. The summed E-state index contributed by atoms with van der Waals surface area (Å²) in [5.74, 6) is -0.200. The Bertz CT molecular complexity index is 847. The zero-order chi connectivity index (χ0) is 18.4. The lowest BCUT2D eigenvalue weighted by Crippen LogP contribution is -2.26. The largest absolute Gasteiger partial charge is 0.349 e. The van der Waals surface area contributed by atoms with E-state index in [1.807, 2.05) is 0 Å². The molecule has 25 heavy (non-hydrogen) atoms. The van der Waals surface area contributed by atoms with Crippen LogP contribution in [0.2, 0.25) is 5.02 Å². The molecular weight excluding hydrogens is 360 g/mol. The van der Waals surface area contributed by atoms with Gasteiger partial charge in [-0.05, 0) is 42.0 Å². The van der Waals surface area contributed by atoms with Crippen molar-refractivity contribution in [2.45, 2.75) is 11.4 Å². The van der Waals surface area contributed by atoms with E-state index >= 15 is 0 Å². The summed E-state index contributed by atoms with van der Waals surface area (Å²) in [7, 11) is -2.10. The molecule has 0 saturated carbocycles. The van der Waals surface area contributed by atoms with Gasteiger partial charge >= 0.3 is 0 Å². The van der Waals surface area contributed by atoms with Gasteiger partial charge in [-0.1, -0.05) is 29.8 Å². The monoisotopic (exact) mass is 378 g/mol. The molecule has 0 spiro atoms. The first-order valence-corrected chi connectivity index (χ1v) is 9.36. The highest BCUT2D eigenvalue weighted by molar-refractivity contribution is 7.89. The van der Waals surface area contributed by atoms with Gasteiger partial charge in [-0.15, -0.1) is 6.58 Å². The van der Waals surface area contributed by atoms with Crippen molar-refractivity contribution in [2.24, 2.45) is 0 Å². The number of amides is 1. The standard InChI is InChI=1S/C18H19ClN2O3S/c1-3-12-20-18(22)15-6-4-14(5-7-15)13-21(2)25(23,24)17-10-8-16(19)9-11-17/h3-11H,1,12-13H2,2H3,(H,20,22). The van der Waals surface area contributed by atoms with Crippen molar-refractivity contribution < 1.29 is 13.2 Å². The summed E-state index contributed by atoms with van der Waals surface area (Å²) in [6.45, 7) is 4.13. The lowest BCUT2D eigenvalue weighted by atomic mass is 10.1. The minimum atomic E-state index is -3.61. The summed E-state index contributed by atoms with van der Waals surface area (Å²) in [4.78, 5) is 12.0. The number of benzene rings is 2. The Morgan fingerprint density at radius 1 is 1.16 bits per heavy atom. The van der Waals surface area contributed by atoms with Gasteiger partial charge in [-0.3, -0.25) is 4.79 Å². The second-order valence-electron chi connectivity index (χ2n) is 5.41. The molecule has 0 bridgehead atoms. The fraction of sp³-hybridized carbons (Fsp3) is 0.167. The lowest BCUT2D eigenvalue weighted by Gasteiger charge is -2.17. The molecule has 0 atom stereocenters. The summed E-state index contributed by atoms with van der Waals surface area (Å²) < 4.78 is 26.4. The average Bonchev–Trinajstić information content (AvgIpc) is 2.60. The molecule has 0 radical (unpaired) electrons. The molecule has 5 nitrogen and oxygen atoms in total. The Hall–Kier alpha value is -2.15. The normalized spacial score (nSPS) is 11.3. The van der Waals surface area contributed by atoms with Gasteiger partial charge in [0.05, 0.1) is 4.90 Å². The molecule has 1 N–H and O–H groups in total. The smallest absolute Gasteiger partial charge is 0.251 e. The number of nitrogens with one attached hydrogen (secondary N) is 1. The van der Waals surface area contributed by atoms with Gasteiger partial charge in [0, 0.05) is 30.7 Å². The van der Waals surface area contributed by atoms with Crippen molar-refractivity contribution in [2.75, 3.05) is 13.6 Å². The maximum atomic E-state index is 12.6. The Balaban J connectivity index is 2.09. The Morgan fingerprint density at radius 3 is 2.32 bits per heavy atom. The van der Waals surface area contributed by atoms with Crippen LogP contribution in [0.4, 0.5) is 0 Å². The van der Waals surface area contributed by atoms with Crippen LogP contribution in [-0.4, -0.2) is 32.2 Å². The zero-order valence-corrected chi connectivity index (χ0v) is 15.3. The molecule has 0 unspecified atom stereocenters. The van der Waals surface area contributed by atoms with Gasteiger partial charge in [-0.2, -0.15) is 4.31 Å². The van der Waals surface area contributed by atoms with Gasteiger partial charge in [0.2, 0.25) is 10.0 Å². The molecule has 2 aromatic rings. The van der Waals surface area contributed by atoms with E-state index in [4.69, 9.17) is 11.6 Å². The summed E-state index contributed by atoms with van der Waals surface area (Å²) >= 11 is 5.80. The van der Waals surface area contributed by atoms with Crippen molar-refractivity contribution in [1.29, 1.82) is 0 Å². The molecule has 7 heteroatoms. The topological polar surface area (TPSA) is 66.5 Å². The maximum absolute atomic E-state index is 12.6. The highest BCUT2D eigenvalue weighted by atomic mass is 35.5. The number of carbonyl (C=O) groups is 1. The molecule has 2 rings (SSSR count). The van der Waals surface area contributed by atoms with Crippen LogP contribution < -0.4 is 5.32 Å². The van der Waals surface area contributed by atoms with Crippen molar-refractivity contribution >= 4 is 27.5 Å². The second kappa shape index (κ2) is 8.29. The van der Waals surface area contributed by atoms with Gasteiger partial charge in [0.1, 0.15) is 0 Å². The van der Waals surface area contributed by atoms with Gasteiger partial charge in [0.15, 0.2) is 0 Å². The summed E-state index contributed by atoms with van der Waals surface area (Å²) in [5.41, 5.74) is 1.29. The summed E-state index contributed by atoms with van der Waals surface area (Å²) in [5, 5.41) is 3.16. The lowest BCUT2D eigenvalue weighted by molar-refractivity contribution is 0.0958. The summed E-state index contributed by atoms with van der Waals surface area (Å²) in [6, 6.07) is 12.8. The molecule has 0 heterocycles. The van der Waals surface area contributed by atoms with Crippen LogP contribution in [-0.2, 0) is 16.6 Å². The van der Waals surface area contributed by atoms with Crippen LogP contribution in [0.1, 0.15) is 15.9 Å². The predicted molar refractivity (Wildman–Crippen MR) is 99.1 cm³/mol. The van der Waals surface area contributed by atoms with E-state index in [-0.39, 0.29) is 17.3 Å². The maximum Gasteiger partial charge on any atom is 0.251 e. The SMILES string of the molecule is C=CCNC(=O)c1ccc(CN(C)S(=O)(=O)c2ccc(Cl)cc2)cc1. The average molecular weight is 379 g/mol. The highest BCUT2D eigenvalue weighted by Gasteiger charge is 2.20. The number of halogens is 1.